The molecule has 0 aliphatic carbocycles. The number of hydrogen-bond donors (Lipinski definition) is 1. The molecule has 2 N–H and O–H groups in total. The van der Waals surface area contributed by atoms with Gasteiger partial charge in [-0.3, -0.25) is 9.80 Å². The molecule has 0 radical (unpaired) electrons. The van der Waals surface area contributed by atoms with E-state index in [4.69, 9.17) is 40.6 Å². The average molecular weight is 517 g/mol. The fourth-order valence-electron chi connectivity index (χ4n) is 2.37. The standard InChI is InChI=1S/C18H13BrCl3F3N2O/c1-27(26)17(28)11-4-2-9(6-13(11)19)3-5-12(18(23,24)25)10-7-14(20)16(22)15(21)8-10/h2-8,12H,26H2,1H3. The number of nitrogens with two attached hydrogens (primary N) is 1. The zero-order valence-electron chi connectivity index (χ0n) is 14.2. The summed E-state index contributed by atoms with van der Waals surface area (Å²) in [7, 11) is 1.39. The molecule has 2 aromatic rings. The lowest BCUT2D eigenvalue weighted by molar-refractivity contribution is -0.139. The summed E-state index contributed by atoms with van der Waals surface area (Å²) >= 11 is 20.8. The second kappa shape index (κ2) is 9.05. The van der Waals surface area contributed by atoms with Gasteiger partial charge in [0.1, 0.15) is 0 Å². The van der Waals surface area contributed by atoms with Gasteiger partial charge in [-0.2, -0.15) is 13.2 Å². The van der Waals surface area contributed by atoms with Gasteiger partial charge in [-0.1, -0.05) is 53.0 Å². The van der Waals surface area contributed by atoms with Gasteiger partial charge in [0.05, 0.1) is 26.5 Å². The summed E-state index contributed by atoms with van der Waals surface area (Å²) in [6, 6.07) is 6.75. The van der Waals surface area contributed by atoms with E-state index in [9.17, 15) is 18.0 Å². The Morgan fingerprint density at radius 1 is 1.18 bits per heavy atom. The van der Waals surface area contributed by atoms with E-state index in [0.29, 0.717) is 10.0 Å². The number of hydrogen-bond acceptors (Lipinski definition) is 2. The molecule has 10 heteroatoms. The second-order valence-electron chi connectivity index (χ2n) is 5.83. The van der Waals surface area contributed by atoms with Crippen molar-refractivity contribution in [2.24, 2.45) is 5.84 Å². The van der Waals surface area contributed by atoms with Crippen molar-refractivity contribution < 1.29 is 18.0 Å². The lowest BCUT2D eigenvalue weighted by Crippen LogP contribution is -2.33. The fraction of sp³-hybridized carbons (Fsp3) is 0.167. The fourth-order valence-corrected chi connectivity index (χ4v) is 3.55. The minimum absolute atomic E-state index is 0.00829. The summed E-state index contributed by atoms with van der Waals surface area (Å²) in [6.45, 7) is 0. The number of allylic oxidation sites excluding steroid dienone is 1. The summed E-state index contributed by atoms with van der Waals surface area (Å²) in [4.78, 5) is 11.9. The molecule has 2 rings (SSSR count). The van der Waals surface area contributed by atoms with E-state index in [2.05, 4.69) is 15.9 Å². The molecule has 0 saturated heterocycles. The van der Waals surface area contributed by atoms with Crippen molar-refractivity contribution >= 4 is 62.7 Å². The maximum absolute atomic E-state index is 13.6. The predicted octanol–water partition coefficient (Wildman–Crippen LogP) is 6.71. The number of hydrazine groups is 1. The van der Waals surface area contributed by atoms with Crippen molar-refractivity contribution in [3.8, 4) is 0 Å². The summed E-state index contributed by atoms with van der Waals surface area (Å²) in [5.41, 5.74) is 0.591. The Morgan fingerprint density at radius 2 is 1.75 bits per heavy atom. The van der Waals surface area contributed by atoms with Crippen LogP contribution >= 0.6 is 50.7 Å². The van der Waals surface area contributed by atoms with E-state index in [1.165, 1.54) is 31.3 Å². The molecule has 28 heavy (non-hydrogen) atoms. The maximum atomic E-state index is 13.6. The van der Waals surface area contributed by atoms with Crippen LogP contribution in [0.5, 0.6) is 0 Å². The van der Waals surface area contributed by atoms with E-state index < -0.39 is 18.0 Å². The van der Waals surface area contributed by atoms with Crippen LogP contribution in [0.3, 0.4) is 0 Å². The van der Waals surface area contributed by atoms with Gasteiger partial charge in [0.15, 0.2) is 0 Å². The molecule has 0 spiro atoms. The molecule has 0 bridgehead atoms. The monoisotopic (exact) mass is 514 g/mol. The molecule has 0 aromatic heterocycles. The first kappa shape index (κ1) is 23.0. The van der Waals surface area contributed by atoms with Gasteiger partial charge < -0.3 is 0 Å². The minimum Gasteiger partial charge on any atom is -0.280 e. The Kier molecular flexibility index (Phi) is 7.44. The maximum Gasteiger partial charge on any atom is 0.399 e. The molecule has 150 valence electrons. The van der Waals surface area contributed by atoms with Gasteiger partial charge >= 0.3 is 6.18 Å². The first-order valence-electron chi connectivity index (χ1n) is 7.63. The van der Waals surface area contributed by atoms with Crippen molar-refractivity contribution in [3.63, 3.8) is 0 Å². The Balaban J connectivity index is 2.40. The number of rotatable bonds is 4. The Morgan fingerprint density at radius 3 is 2.21 bits per heavy atom. The summed E-state index contributed by atoms with van der Waals surface area (Å²) in [5.74, 6) is 3.02. The molecule has 0 saturated carbocycles. The van der Waals surface area contributed by atoms with Crippen LogP contribution in [0.15, 0.2) is 40.9 Å². The van der Waals surface area contributed by atoms with E-state index in [1.807, 2.05) is 0 Å². The second-order valence-corrected chi connectivity index (χ2v) is 7.88. The third-order valence-corrected chi connectivity index (χ3v) is 5.60. The summed E-state index contributed by atoms with van der Waals surface area (Å²) < 4.78 is 41.1. The molecule has 1 unspecified atom stereocenters. The largest absolute Gasteiger partial charge is 0.399 e. The third kappa shape index (κ3) is 5.42. The summed E-state index contributed by atoms with van der Waals surface area (Å²) in [6.07, 6.45) is -2.31. The molecular formula is C18H13BrCl3F3N2O. The van der Waals surface area contributed by atoms with Crippen LogP contribution in [-0.4, -0.2) is 24.1 Å². The molecular weight excluding hydrogens is 503 g/mol. The predicted molar refractivity (Wildman–Crippen MR) is 110 cm³/mol. The van der Waals surface area contributed by atoms with Crippen LogP contribution in [0.4, 0.5) is 13.2 Å². The van der Waals surface area contributed by atoms with Gasteiger partial charge in [0.2, 0.25) is 0 Å². The highest BCUT2D eigenvalue weighted by molar-refractivity contribution is 9.10. The van der Waals surface area contributed by atoms with Gasteiger partial charge in [0, 0.05) is 11.5 Å². The third-order valence-electron chi connectivity index (χ3n) is 3.74. The van der Waals surface area contributed by atoms with Crippen molar-refractivity contribution in [1.82, 2.24) is 5.01 Å². The van der Waals surface area contributed by atoms with Crippen molar-refractivity contribution in [2.75, 3.05) is 7.05 Å². The Labute approximate surface area is 182 Å². The van der Waals surface area contributed by atoms with Crippen LogP contribution in [-0.2, 0) is 0 Å². The van der Waals surface area contributed by atoms with E-state index in [1.54, 1.807) is 0 Å². The van der Waals surface area contributed by atoms with Gasteiger partial charge in [-0.25, -0.2) is 5.84 Å². The first-order valence-corrected chi connectivity index (χ1v) is 9.56. The molecule has 1 amide bonds. The van der Waals surface area contributed by atoms with E-state index >= 15 is 0 Å². The molecule has 0 heterocycles. The normalized spacial score (nSPS) is 13.0. The van der Waals surface area contributed by atoms with Crippen molar-refractivity contribution in [2.45, 2.75) is 12.1 Å². The highest BCUT2D eigenvalue weighted by Crippen LogP contribution is 2.41. The van der Waals surface area contributed by atoms with Crippen LogP contribution in [0.1, 0.15) is 27.4 Å². The zero-order chi connectivity index (χ0) is 21.2. The number of halogens is 7. The molecule has 0 aliphatic rings. The van der Waals surface area contributed by atoms with Crippen molar-refractivity contribution in [1.29, 1.82) is 0 Å². The first-order chi connectivity index (χ1) is 12.9. The number of alkyl halides is 3. The Hall–Kier alpha value is -1.25. The molecule has 3 nitrogen and oxygen atoms in total. The van der Waals surface area contributed by atoms with Crippen LogP contribution < -0.4 is 5.84 Å². The highest BCUT2D eigenvalue weighted by atomic mass is 79.9. The van der Waals surface area contributed by atoms with Gasteiger partial charge in [-0.05, 0) is 51.3 Å². The number of nitrogens with zero attached hydrogens (tertiary/aromatic N) is 1. The molecule has 2 aromatic carbocycles. The van der Waals surface area contributed by atoms with Crippen LogP contribution in [0.25, 0.3) is 6.08 Å². The Bertz CT molecular complexity index is 910. The lowest BCUT2D eigenvalue weighted by Gasteiger charge is -2.18. The van der Waals surface area contributed by atoms with Crippen LogP contribution in [0.2, 0.25) is 15.1 Å². The highest BCUT2D eigenvalue weighted by Gasteiger charge is 2.39. The minimum atomic E-state index is -4.58. The summed E-state index contributed by atoms with van der Waals surface area (Å²) in [5, 5.41) is 0.765. The van der Waals surface area contributed by atoms with E-state index in [-0.39, 0.29) is 26.2 Å². The number of benzene rings is 2. The van der Waals surface area contributed by atoms with Crippen molar-refractivity contribution in [3.05, 3.63) is 72.6 Å². The van der Waals surface area contributed by atoms with E-state index in [0.717, 1.165) is 23.2 Å². The molecule has 0 aliphatic heterocycles. The topological polar surface area (TPSA) is 46.3 Å². The zero-order valence-corrected chi connectivity index (χ0v) is 18.1. The van der Waals surface area contributed by atoms with Gasteiger partial charge in [-0.15, -0.1) is 0 Å². The lowest BCUT2D eigenvalue weighted by atomic mass is 9.97. The smallest absolute Gasteiger partial charge is 0.280 e. The number of carbonyl (C=O) groups excluding carboxylic acids is 1. The van der Waals surface area contributed by atoms with Crippen LogP contribution in [0, 0.1) is 0 Å². The molecule has 0 fully saturated rings. The number of amides is 1. The average Bonchev–Trinajstić information content (AvgIpc) is 2.58. The SMILES string of the molecule is CN(N)C(=O)c1ccc(C=CC(c2cc(Cl)c(Cl)c(Cl)c2)C(F)(F)F)cc1Br. The van der Waals surface area contributed by atoms with Gasteiger partial charge in [0.25, 0.3) is 5.91 Å². The quantitative estimate of drug-likeness (QED) is 0.212. The molecule has 1 atom stereocenters. The number of carbonyl (C=O) groups is 1.